The van der Waals surface area contributed by atoms with Crippen LogP contribution in [0.2, 0.25) is 0 Å². The van der Waals surface area contributed by atoms with E-state index in [2.05, 4.69) is 20.8 Å². The maximum atomic E-state index is 2.39. The highest BCUT2D eigenvalue weighted by Crippen LogP contribution is 2.31. The number of hydrogen-bond donors (Lipinski definition) is 0. The molecule has 0 bridgehead atoms. The van der Waals surface area contributed by atoms with Crippen LogP contribution in [0, 0.1) is 17.8 Å². The molecule has 0 aromatic carbocycles. The molecule has 1 fully saturated rings. The SMILES string of the molecule is CC(C)CC1CCC(C)CC1. The fraction of sp³-hybridized carbons (Fsp3) is 1.00. The smallest absolute Gasteiger partial charge is 0.0412 e. The largest absolute Gasteiger partial charge is 0.0628 e. The minimum Gasteiger partial charge on any atom is -0.0628 e. The van der Waals surface area contributed by atoms with Crippen LogP contribution in [0.3, 0.4) is 0 Å². The normalized spacial score (nSPS) is 32.7. The van der Waals surface area contributed by atoms with Gasteiger partial charge in [0.15, 0.2) is 0 Å². The second-order valence-electron chi connectivity index (χ2n) is 4.76. The molecule has 0 amide bonds. The summed E-state index contributed by atoms with van der Waals surface area (Å²) in [5.74, 6) is 2.98. The highest BCUT2D eigenvalue weighted by atomic mass is 14.2. The summed E-state index contributed by atoms with van der Waals surface area (Å²) < 4.78 is 0. The number of rotatable bonds is 2. The van der Waals surface area contributed by atoms with Crippen molar-refractivity contribution in [1.29, 1.82) is 0 Å². The van der Waals surface area contributed by atoms with E-state index in [1.165, 1.54) is 32.1 Å². The lowest BCUT2D eigenvalue weighted by Crippen LogP contribution is -2.13. The minimum absolute atomic E-state index is 0.911. The second kappa shape index (κ2) is 4.13. The first-order chi connectivity index (χ1) is 5.18. The van der Waals surface area contributed by atoms with Crippen molar-refractivity contribution in [3.8, 4) is 0 Å². The van der Waals surface area contributed by atoms with Gasteiger partial charge in [-0.25, -0.2) is 0 Å². The second-order valence-corrected chi connectivity index (χ2v) is 4.76. The average Bonchev–Trinajstić information content (AvgIpc) is 1.93. The molecule has 1 aliphatic rings. The van der Waals surface area contributed by atoms with Crippen LogP contribution in [0.25, 0.3) is 0 Å². The lowest BCUT2D eigenvalue weighted by atomic mass is 9.79. The Bertz CT molecular complexity index is 96.6. The lowest BCUT2D eigenvalue weighted by molar-refractivity contribution is 0.256. The Morgan fingerprint density at radius 2 is 1.64 bits per heavy atom. The van der Waals surface area contributed by atoms with E-state index in [1.54, 1.807) is 0 Å². The van der Waals surface area contributed by atoms with Gasteiger partial charge in [-0.1, -0.05) is 46.5 Å². The highest BCUT2D eigenvalue weighted by molar-refractivity contribution is 4.70. The Morgan fingerprint density at radius 3 is 2.09 bits per heavy atom. The minimum atomic E-state index is 0.911. The molecule has 0 aromatic rings. The molecule has 0 unspecified atom stereocenters. The first kappa shape index (κ1) is 9.09. The van der Waals surface area contributed by atoms with Crippen LogP contribution >= 0.6 is 0 Å². The monoisotopic (exact) mass is 154 g/mol. The summed E-state index contributed by atoms with van der Waals surface area (Å²) in [6, 6.07) is 0. The van der Waals surface area contributed by atoms with Gasteiger partial charge < -0.3 is 0 Å². The molecule has 0 heteroatoms. The summed E-state index contributed by atoms with van der Waals surface area (Å²) in [5.41, 5.74) is 0. The highest BCUT2D eigenvalue weighted by Gasteiger charge is 2.18. The van der Waals surface area contributed by atoms with Crippen molar-refractivity contribution in [2.45, 2.75) is 52.9 Å². The standard InChI is InChI=1S/C11H22/c1-9(2)8-11-6-4-10(3)5-7-11/h9-11H,4-8H2,1-3H3. The van der Waals surface area contributed by atoms with Gasteiger partial charge in [0.2, 0.25) is 0 Å². The van der Waals surface area contributed by atoms with Crippen LogP contribution in [-0.2, 0) is 0 Å². The van der Waals surface area contributed by atoms with E-state index in [0.29, 0.717) is 0 Å². The predicted molar refractivity (Wildman–Crippen MR) is 50.6 cm³/mol. The average molecular weight is 154 g/mol. The summed E-state index contributed by atoms with van der Waals surface area (Å²) in [7, 11) is 0. The fourth-order valence-electron chi connectivity index (χ4n) is 2.23. The van der Waals surface area contributed by atoms with Crippen LogP contribution in [-0.4, -0.2) is 0 Å². The third kappa shape index (κ3) is 3.27. The third-order valence-corrected chi connectivity index (χ3v) is 2.94. The summed E-state index contributed by atoms with van der Waals surface area (Å²) in [4.78, 5) is 0. The van der Waals surface area contributed by atoms with E-state index in [4.69, 9.17) is 0 Å². The van der Waals surface area contributed by atoms with Crippen molar-refractivity contribution >= 4 is 0 Å². The first-order valence-corrected chi connectivity index (χ1v) is 5.18. The van der Waals surface area contributed by atoms with Gasteiger partial charge in [0, 0.05) is 0 Å². The van der Waals surface area contributed by atoms with Gasteiger partial charge in [-0.3, -0.25) is 0 Å². The Labute approximate surface area is 71.4 Å². The Balaban J connectivity index is 2.17. The van der Waals surface area contributed by atoms with Crippen LogP contribution in [0.5, 0.6) is 0 Å². The van der Waals surface area contributed by atoms with Crippen molar-refractivity contribution in [2.24, 2.45) is 17.8 Å². The van der Waals surface area contributed by atoms with Gasteiger partial charge in [0.1, 0.15) is 0 Å². The molecule has 66 valence electrons. The van der Waals surface area contributed by atoms with Crippen molar-refractivity contribution in [3.05, 3.63) is 0 Å². The molecule has 0 saturated heterocycles. The fourth-order valence-corrected chi connectivity index (χ4v) is 2.23. The Hall–Kier alpha value is 0. The maximum Gasteiger partial charge on any atom is -0.0412 e. The zero-order valence-electron chi connectivity index (χ0n) is 8.27. The Morgan fingerprint density at radius 1 is 1.09 bits per heavy atom. The molecule has 0 atom stereocenters. The molecule has 1 saturated carbocycles. The molecule has 0 spiro atoms. The van der Waals surface area contributed by atoms with Gasteiger partial charge in [-0.2, -0.15) is 0 Å². The van der Waals surface area contributed by atoms with Crippen LogP contribution in [0.1, 0.15) is 52.9 Å². The maximum absolute atomic E-state index is 2.39. The van der Waals surface area contributed by atoms with Crippen LogP contribution < -0.4 is 0 Å². The van der Waals surface area contributed by atoms with Gasteiger partial charge in [-0.05, 0) is 24.2 Å². The summed E-state index contributed by atoms with van der Waals surface area (Å²) in [6.45, 7) is 7.08. The lowest BCUT2D eigenvalue weighted by Gasteiger charge is -2.27. The molecule has 0 N–H and O–H groups in total. The third-order valence-electron chi connectivity index (χ3n) is 2.94. The molecule has 1 aliphatic carbocycles. The molecule has 0 aliphatic heterocycles. The zero-order chi connectivity index (χ0) is 8.27. The van der Waals surface area contributed by atoms with Crippen molar-refractivity contribution in [2.75, 3.05) is 0 Å². The van der Waals surface area contributed by atoms with E-state index >= 15 is 0 Å². The van der Waals surface area contributed by atoms with E-state index in [9.17, 15) is 0 Å². The quantitative estimate of drug-likeness (QED) is 0.566. The molecule has 0 heterocycles. The molecule has 1 rings (SSSR count). The molecular formula is C11H22. The molecule has 0 radical (unpaired) electrons. The van der Waals surface area contributed by atoms with Crippen LogP contribution in [0.15, 0.2) is 0 Å². The van der Waals surface area contributed by atoms with E-state index in [-0.39, 0.29) is 0 Å². The van der Waals surface area contributed by atoms with Gasteiger partial charge in [-0.15, -0.1) is 0 Å². The molecular weight excluding hydrogens is 132 g/mol. The molecule has 0 aromatic heterocycles. The topological polar surface area (TPSA) is 0 Å². The van der Waals surface area contributed by atoms with E-state index in [1.807, 2.05) is 0 Å². The molecule has 11 heavy (non-hydrogen) atoms. The van der Waals surface area contributed by atoms with Crippen molar-refractivity contribution in [3.63, 3.8) is 0 Å². The zero-order valence-corrected chi connectivity index (χ0v) is 8.27. The van der Waals surface area contributed by atoms with Crippen molar-refractivity contribution in [1.82, 2.24) is 0 Å². The predicted octanol–water partition coefficient (Wildman–Crippen LogP) is 3.86. The van der Waals surface area contributed by atoms with E-state index < -0.39 is 0 Å². The van der Waals surface area contributed by atoms with Gasteiger partial charge in [0.25, 0.3) is 0 Å². The van der Waals surface area contributed by atoms with Gasteiger partial charge >= 0.3 is 0 Å². The van der Waals surface area contributed by atoms with Crippen molar-refractivity contribution < 1.29 is 0 Å². The summed E-state index contributed by atoms with van der Waals surface area (Å²) >= 11 is 0. The van der Waals surface area contributed by atoms with E-state index in [0.717, 1.165) is 17.8 Å². The molecule has 0 nitrogen and oxygen atoms in total. The van der Waals surface area contributed by atoms with Gasteiger partial charge in [0.05, 0.1) is 0 Å². The summed E-state index contributed by atoms with van der Waals surface area (Å²) in [5, 5.41) is 0. The summed E-state index contributed by atoms with van der Waals surface area (Å²) in [6.07, 6.45) is 7.43. The van der Waals surface area contributed by atoms with Crippen LogP contribution in [0.4, 0.5) is 0 Å². The first-order valence-electron chi connectivity index (χ1n) is 5.18. The Kier molecular flexibility index (Phi) is 3.42. The number of hydrogen-bond acceptors (Lipinski definition) is 0.